The van der Waals surface area contributed by atoms with E-state index >= 15 is 0 Å². The minimum atomic E-state index is -3.06. The molecule has 2 N–H and O–H groups in total. The fourth-order valence-corrected chi connectivity index (χ4v) is 2.43. The zero-order chi connectivity index (χ0) is 7.07. The van der Waals surface area contributed by atoms with Gasteiger partial charge in [-0.3, -0.25) is 5.84 Å². The van der Waals surface area contributed by atoms with Gasteiger partial charge in [0.25, 0.3) is 0 Å². The number of hydrogen-bond acceptors (Lipinski definition) is 3. The number of hydrogen-bond donors (Lipinski definition) is 1. The van der Waals surface area contributed by atoms with E-state index in [1.54, 1.807) is 0 Å². The van der Waals surface area contributed by atoms with E-state index in [4.69, 9.17) is 5.84 Å². The molecule has 0 radical (unpaired) electrons. The SMILES string of the molecule is CC1CN(N)S(=O)(=O)C1. The van der Waals surface area contributed by atoms with Gasteiger partial charge in [0, 0.05) is 6.54 Å². The Hall–Kier alpha value is -0.130. The molecule has 0 bridgehead atoms. The lowest BCUT2D eigenvalue weighted by Gasteiger charge is -2.03. The lowest BCUT2D eigenvalue weighted by Crippen LogP contribution is -2.32. The molecule has 1 aliphatic heterocycles. The van der Waals surface area contributed by atoms with Crippen LogP contribution in [-0.4, -0.2) is 25.1 Å². The summed E-state index contributed by atoms with van der Waals surface area (Å²) in [5, 5.41) is 0. The van der Waals surface area contributed by atoms with Crippen LogP contribution in [0.5, 0.6) is 0 Å². The molecule has 9 heavy (non-hydrogen) atoms. The molecule has 1 rings (SSSR count). The van der Waals surface area contributed by atoms with Gasteiger partial charge in [0.15, 0.2) is 0 Å². The largest absolute Gasteiger partial charge is 0.255 e. The van der Waals surface area contributed by atoms with Gasteiger partial charge in [-0.1, -0.05) is 6.92 Å². The van der Waals surface area contributed by atoms with Crippen LogP contribution in [0.3, 0.4) is 0 Å². The Morgan fingerprint density at radius 1 is 1.67 bits per heavy atom. The minimum absolute atomic E-state index is 0.181. The van der Waals surface area contributed by atoms with E-state index in [1.807, 2.05) is 6.92 Å². The van der Waals surface area contributed by atoms with Gasteiger partial charge in [0.05, 0.1) is 5.75 Å². The zero-order valence-corrected chi connectivity index (χ0v) is 6.06. The van der Waals surface area contributed by atoms with Crippen LogP contribution in [0.2, 0.25) is 0 Å². The molecule has 0 aromatic heterocycles. The van der Waals surface area contributed by atoms with Crippen LogP contribution >= 0.6 is 0 Å². The van der Waals surface area contributed by atoms with E-state index in [0.717, 1.165) is 4.41 Å². The topological polar surface area (TPSA) is 63.4 Å². The maximum atomic E-state index is 10.8. The Morgan fingerprint density at radius 3 is 2.33 bits per heavy atom. The number of rotatable bonds is 0. The molecule has 5 heteroatoms. The summed E-state index contributed by atoms with van der Waals surface area (Å²) in [5.41, 5.74) is 0. The molecule has 0 saturated carbocycles. The van der Waals surface area contributed by atoms with Crippen LogP contribution in [0.1, 0.15) is 6.92 Å². The zero-order valence-electron chi connectivity index (χ0n) is 5.24. The number of sulfonamides is 1. The van der Waals surface area contributed by atoms with Gasteiger partial charge in [-0.15, -0.1) is 4.41 Å². The molecule has 1 fully saturated rings. The summed E-state index contributed by atoms with van der Waals surface area (Å²) in [4.78, 5) is 0. The average Bonchev–Trinajstić information content (AvgIpc) is 1.79. The fraction of sp³-hybridized carbons (Fsp3) is 1.00. The Balaban J connectivity index is 2.83. The summed E-state index contributed by atoms with van der Waals surface area (Å²) in [5.74, 6) is 5.53. The monoisotopic (exact) mass is 150 g/mol. The molecular weight excluding hydrogens is 140 g/mol. The number of nitrogens with zero attached hydrogens (tertiary/aromatic N) is 1. The van der Waals surface area contributed by atoms with Crippen molar-refractivity contribution >= 4 is 10.0 Å². The first-order valence-electron chi connectivity index (χ1n) is 2.77. The second kappa shape index (κ2) is 1.93. The maximum Gasteiger partial charge on any atom is 0.226 e. The molecule has 1 aliphatic rings. The third kappa shape index (κ3) is 1.23. The third-order valence-corrected chi connectivity index (χ3v) is 3.20. The molecule has 1 saturated heterocycles. The maximum absolute atomic E-state index is 10.8. The van der Waals surface area contributed by atoms with E-state index < -0.39 is 10.0 Å². The molecule has 0 aromatic carbocycles. The lowest BCUT2D eigenvalue weighted by molar-refractivity contribution is 0.430. The van der Waals surface area contributed by atoms with Crippen LogP contribution in [0.4, 0.5) is 0 Å². The molecule has 0 spiro atoms. The van der Waals surface area contributed by atoms with E-state index in [9.17, 15) is 8.42 Å². The van der Waals surface area contributed by atoms with E-state index in [2.05, 4.69) is 0 Å². The summed E-state index contributed by atoms with van der Waals surface area (Å²) in [6, 6.07) is 0. The predicted molar refractivity (Wildman–Crippen MR) is 33.8 cm³/mol. The van der Waals surface area contributed by atoms with Gasteiger partial charge in [-0.25, -0.2) is 8.42 Å². The first-order chi connectivity index (χ1) is 4.02. The third-order valence-electron chi connectivity index (χ3n) is 1.34. The number of hydrazine groups is 1. The van der Waals surface area contributed by atoms with Crippen molar-refractivity contribution in [1.29, 1.82) is 0 Å². The summed E-state index contributed by atoms with van der Waals surface area (Å²) in [6.07, 6.45) is 0. The Kier molecular flexibility index (Phi) is 1.50. The van der Waals surface area contributed by atoms with Crippen LogP contribution in [0.15, 0.2) is 0 Å². The minimum Gasteiger partial charge on any atom is -0.255 e. The highest BCUT2D eigenvalue weighted by Gasteiger charge is 2.30. The lowest BCUT2D eigenvalue weighted by atomic mass is 10.2. The van der Waals surface area contributed by atoms with E-state index in [0.29, 0.717) is 6.54 Å². The van der Waals surface area contributed by atoms with Crippen molar-refractivity contribution in [2.75, 3.05) is 12.3 Å². The molecule has 54 valence electrons. The highest BCUT2D eigenvalue weighted by Crippen LogP contribution is 2.13. The molecule has 0 aliphatic carbocycles. The molecule has 1 unspecified atom stereocenters. The van der Waals surface area contributed by atoms with E-state index in [1.165, 1.54) is 0 Å². The molecular formula is C4H10N2O2S. The highest BCUT2D eigenvalue weighted by molar-refractivity contribution is 7.89. The summed E-state index contributed by atoms with van der Waals surface area (Å²) in [7, 11) is -3.06. The van der Waals surface area contributed by atoms with Crippen molar-refractivity contribution < 1.29 is 8.42 Å². The van der Waals surface area contributed by atoms with Crippen LogP contribution < -0.4 is 5.84 Å². The van der Waals surface area contributed by atoms with Crippen molar-refractivity contribution in [1.82, 2.24) is 4.41 Å². The first kappa shape index (κ1) is 6.98. The summed E-state index contributed by atoms with van der Waals surface area (Å²) < 4.78 is 22.5. The summed E-state index contributed by atoms with van der Waals surface area (Å²) in [6.45, 7) is 2.33. The Labute approximate surface area is 54.7 Å². The fourth-order valence-electron chi connectivity index (χ4n) is 0.929. The predicted octanol–water partition coefficient (Wildman–Crippen LogP) is -0.858. The second-order valence-electron chi connectivity index (χ2n) is 2.45. The van der Waals surface area contributed by atoms with Crippen molar-refractivity contribution in [2.24, 2.45) is 11.8 Å². The Morgan fingerprint density at radius 2 is 2.22 bits per heavy atom. The van der Waals surface area contributed by atoms with Crippen LogP contribution in [0.25, 0.3) is 0 Å². The molecule has 0 amide bonds. The molecule has 4 nitrogen and oxygen atoms in total. The van der Waals surface area contributed by atoms with Crippen LogP contribution in [-0.2, 0) is 10.0 Å². The quantitative estimate of drug-likeness (QED) is 0.457. The highest BCUT2D eigenvalue weighted by atomic mass is 32.2. The van der Waals surface area contributed by atoms with Gasteiger partial charge in [-0.05, 0) is 5.92 Å². The van der Waals surface area contributed by atoms with Gasteiger partial charge >= 0.3 is 0 Å². The van der Waals surface area contributed by atoms with Crippen molar-refractivity contribution in [3.63, 3.8) is 0 Å². The van der Waals surface area contributed by atoms with Gasteiger partial charge in [0.1, 0.15) is 0 Å². The standard InChI is InChI=1S/C4H10N2O2S/c1-4-2-6(5)9(7,8)3-4/h4H,2-3,5H2,1H3. The van der Waals surface area contributed by atoms with Crippen molar-refractivity contribution in [3.05, 3.63) is 0 Å². The normalized spacial score (nSPS) is 35.1. The van der Waals surface area contributed by atoms with Crippen molar-refractivity contribution in [3.8, 4) is 0 Å². The molecule has 0 aromatic rings. The van der Waals surface area contributed by atoms with Gasteiger partial charge in [-0.2, -0.15) is 0 Å². The average molecular weight is 150 g/mol. The molecule has 1 heterocycles. The van der Waals surface area contributed by atoms with E-state index in [-0.39, 0.29) is 11.7 Å². The van der Waals surface area contributed by atoms with Crippen molar-refractivity contribution in [2.45, 2.75) is 6.92 Å². The second-order valence-corrected chi connectivity index (χ2v) is 4.42. The van der Waals surface area contributed by atoms with Gasteiger partial charge in [0.2, 0.25) is 10.0 Å². The first-order valence-corrected chi connectivity index (χ1v) is 4.38. The van der Waals surface area contributed by atoms with Gasteiger partial charge < -0.3 is 0 Å². The number of nitrogens with two attached hydrogens (primary N) is 1. The smallest absolute Gasteiger partial charge is 0.226 e. The Bertz CT molecular complexity index is 199. The summed E-state index contributed by atoms with van der Waals surface area (Å²) >= 11 is 0. The van der Waals surface area contributed by atoms with Crippen LogP contribution in [0, 0.1) is 5.92 Å². The molecule has 1 atom stereocenters.